The summed E-state index contributed by atoms with van der Waals surface area (Å²) >= 11 is 0. The molecule has 0 aromatic rings. The quantitative estimate of drug-likeness (QED) is 0.310. The van der Waals surface area contributed by atoms with Crippen LogP contribution < -0.4 is 10.6 Å². The van der Waals surface area contributed by atoms with Crippen molar-refractivity contribution in [2.45, 2.75) is 38.1 Å². The molecule has 0 aliphatic heterocycles. The van der Waals surface area contributed by atoms with Gasteiger partial charge >= 0.3 is 5.97 Å². The number of carbonyl (C=O) groups is 4. The highest BCUT2D eigenvalue weighted by Crippen LogP contribution is 2.05. The molecule has 0 aromatic carbocycles. The number of aldehydes is 1. The molecule has 0 fully saturated rings. The number of rotatable bonds is 7. The number of aliphatic hydroxyl groups excluding tert-OH is 2. The molecular weight excluding hydrogens is 260 g/mol. The highest BCUT2D eigenvalue weighted by atomic mass is 16.4. The summed E-state index contributed by atoms with van der Waals surface area (Å²) in [6.07, 6.45) is -3.96. The van der Waals surface area contributed by atoms with E-state index in [4.69, 9.17) is 5.11 Å². The number of hydrogen-bond donors (Lipinski definition) is 5. The Labute approximate surface area is 108 Å². The molecule has 9 heteroatoms. The van der Waals surface area contributed by atoms with Crippen molar-refractivity contribution in [3.8, 4) is 0 Å². The number of amides is 2. The number of carbonyl (C=O) groups excluding carboxylic acids is 3. The average molecular weight is 276 g/mol. The van der Waals surface area contributed by atoms with E-state index in [1.54, 1.807) is 0 Å². The van der Waals surface area contributed by atoms with Crippen LogP contribution in [0.5, 0.6) is 0 Å². The van der Waals surface area contributed by atoms with Crippen LogP contribution in [0.4, 0.5) is 0 Å². The van der Waals surface area contributed by atoms with E-state index >= 15 is 0 Å². The summed E-state index contributed by atoms with van der Waals surface area (Å²) in [5.74, 6) is -3.02. The van der Waals surface area contributed by atoms with Gasteiger partial charge in [-0.2, -0.15) is 0 Å². The predicted octanol–water partition coefficient (Wildman–Crippen LogP) is -3.00. The van der Waals surface area contributed by atoms with Crippen LogP contribution >= 0.6 is 0 Å². The fraction of sp³-hybridized carbons (Fsp3) is 0.600. The lowest BCUT2D eigenvalue weighted by molar-refractivity contribution is -0.155. The maximum Gasteiger partial charge on any atom is 0.335 e. The third kappa shape index (κ3) is 5.44. The lowest BCUT2D eigenvalue weighted by atomic mass is 9.98. The zero-order valence-electron chi connectivity index (χ0n) is 10.4. The van der Waals surface area contributed by atoms with E-state index in [-0.39, 0.29) is 6.29 Å². The molecule has 5 N–H and O–H groups in total. The largest absolute Gasteiger partial charge is 0.479 e. The van der Waals surface area contributed by atoms with Gasteiger partial charge in [0.25, 0.3) is 0 Å². The molecule has 19 heavy (non-hydrogen) atoms. The molecule has 0 radical (unpaired) electrons. The van der Waals surface area contributed by atoms with E-state index in [0.29, 0.717) is 0 Å². The van der Waals surface area contributed by atoms with Gasteiger partial charge in [-0.25, -0.2) is 4.79 Å². The summed E-state index contributed by atoms with van der Waals surface area (Å²) in [5, 5.41) is 31.7. The Morgan fingerprint density at radius 1 is 1.05 bits per heavy atom. The molecule has 0 unspecified atom stereocenters. The van der Waals surface area contributed by atoms with Gasteiger partial charge in [0.05, 0.1) is 6.04 Å². The van der Waals surface area contributed by atoms with Crippen LogP contribution in [0.1, 0.15) is 13.8 Å². The number of hydrogen-bond acceptors (Lipinski definition) is 6. The van der Waals surface area contributed by atoms with Crippen LogP contribution in [0.25, 0.3) is 0 Å². The van der Waals surface area contributed by atoms with Gasteiger partial charge in [0.15, 0.2) is 6.10 Å². The molecule has 0 saturated carbocycles. The van der Waals surface area contributed by atoms with E-state index in [9.17, 15) is 29.4 Å². The van der Waals surface area contributed by atoms with Crippen LogP contribution in [-0.2, 0) is 19.2 Å². The Morgan fingerprint density at radius 3 is 1.84 bits per heavy atom. The van der Waals surface area contributed by atoms with Crippen molar-refractivity contribution in [2.24, 2.45) is 0 Å². The smallest absolute Gasteiger partial charge is 0.335 e. The van der Waals surface area contributed by atoms with Crippen molar-refractivity contribution >= 4 is 24.1 Å². The topological polar surface area (TPSA) is 153 Å². The van der Waals surface area contributed by atoms with E-state index < -0.39 is 42.1 Å². The van der Waals surface area contributed by atoms with Gasteiger partial charge in [0.2, 0.25) is 11.8 Å². The Bertz CT molecular complexity index is 371. The second-order valence-corrected chi connectivity index (χ2v) is 3.86. The van der Waals surface area contributed by atoms with Gasteiger partial charge < -0.3 is 30.7 Å². The van der Waals surface area contributed by atoms with Crippen molar-refractivity contribution in [1.82, 2.24) is 10.6 Å². The third-order valence-corrected chi connectivity index (χ3v) is 2.22. The van der Waals surface area contributed by atoms with Crippen molar-refractivity contribution in [3.05, 3.63) is 0 Å². The van der Waals surface area contributed by atoms with Crippen LogP contribution in [-0.4, -0.2) is 63.7 Å². The summed E-state index contributed by atoms with van der Waals surface area (Å²) in [6.45, 7) is 2.17. The molecule has 4 atom stereocenters. The number of aliphatic hydroxyl groups is 2. The summed E-state index contributed by atoms with van der Waals surface area (Å²) in [4.78, 5) is 43.3. The van der Waals surface area contributed by atoms with E-state index in [1.165, 1.54) is 0 Å². The van der Waals surface area contributed by atoms with Gasteiger partial charge in [0.1, 0.15) is 18.4 Å². The summed E-state index contributed by atoms with van der Waals surface area (Å²) in [6, 6.07) is -2.84. The Hall–Kier alpha value is -2.00. The minimum absolute atomic E-state index is 0.222. The fourth-order valence-corrected chi connectivity index (χ4v) is 1.41. The first kappa shape index (κ1) is 17.0. The number of aliphatic carboxylic acids is 1. The molecule has 2 amide bonds. The van der Waals surface area contributed by atoms with Gasteiger partial charge in [-0.15, -0.1) is 0 Å². The number of nitrogens with one attached hydrogen (secondary N) is 2. The summed E-state index contributed by atoms with van der Waals surface area (Å²) < 4.78 is 0. The number of carboxylic acid groups (broad SMARTS) is 1. The highest BCUT2D eigenvalue weighted by molar-refractivity contribution is 5.80. The zero-order valence-corrected chi connectivity index (χ0v) is 10.4. The Balaban J connectivity index is 5.16. The van der Waals surface area contributed by atoms with Gasteiger partial charge in [-0.3, -0.25) is 9.59 Å². The molecular formula is C10H16N2O7. The minimum Gasteiger partial charge on any atom is -0.479 e. The monoisotopic (exact) mass is 276 g/mol. The maximum atomic E-state index is 11.0. The first-order chi connectivity index (χ1) is 8.70. The van der Waals surface area contributed by atoms with Crippen molar-refractivity contribution < 1.29 is 34.5 Å². The molecule has 0 spiro atoms. The molecule has 0 rings (SSSR count). The molecule has 0 aromatic heterocycles. The molecule has 0 saturated heterocycles. The normalized spacial score (nSPS) is 16.6. The lowest BCUT2D eigenvalue weighted by Crippen LogP contribution is -2.61. The fourth-order valence-electron chi connectivity index (χ4n) is 1.41. The SMILES string of the molecule is CC(=O)N[C@H]([C@@H](O)[C@H](O)C(=O)O)[C@H](C=O)NC(C)=O. The average Bonchev–Trinajstić information content (AvgIpc) is 2.30. The zero-order chi connectivity index (χ0) is 15.2. The summed E-state index contributed by atoms with van der Waals surface area (Å²) in [5.41, 5.74) is 0. The van der Waals surface area contributed by atoms with Crippen molar-refractivity contribution in [1.29, 1.82) is 0 Å². The lowest BCUT2D eigenvalue weighted by Gasteiger charge is -2.29. The Kier molecular flexibility index (Phi) is 6.66. The molecule has 108 valence electrons. The minimum atomic E-state index is -2.21. The summed E-state index contributed by atoms with van der Waals surface area (Å²) in [7, 11) is 0. The molecule has 0 aliphatic rings. The first-order valence-electron chi connectivity index (χ1n) is 5.29. The van der Waals surface area contributed by atoms with E-state index in [0.717, 1.165) is 13.8 Å². The van der Waals surface area contributed by atoms with Gasteiger partial charge in [-0.1, -0.05) is 0 Å². The third-order valence-electron chi connectivity index (χ3n) is 2.22. The van der Waals surface area contributed by atoms with Crippen molar-refractivity contribution in [2.75, 3.05) is 0 Å². The van der Waals surface area contributed by atoms with E-state index in [1.807, 2.05) is 0 Å². The Morgan fingerprint density at radius 2 is 1.53 bits per heavy atom. The van der Waals surface area contributed by atoms with E-state index in [2.05, 4.69) is 10.6 Å². The second-order valence-electron chi connectivity index (χ2n) is 3.86. The maximum absolute atomic E-state index is 11.0. The standard InChI is InChI=1S/C10H16N2O7/c1-4(14)11-6(3-13)7(12-5(2)15)8(16)9(17)10(18)19/h3,6-9,16-17H,1-2H3,(H,11,14)(H,12,15)(H,18,19)/t6-,7-,8+,9-/m0/s1. The molecule has 9 nitrogen and oxygen atoms in total. The van der Waals surface area contributed by atoms with Gasteiger partial charge in [-0.05, 0) is 0 Å². The van der Waals surface area contributed by atoms with Crippen LogP contribution in [0.15, 0.2) is 0 Å². The van der Waals surface area contributed by atoms with Crippen molar-refractivity contribution in [3.63, 3.8) is 0 Å². The molecule has 0 bridgehead atoms. The van der Waals surface area contributed by atoms with Crippen LogP contribution in [0.3, 0.4) is 0 Å². The van der Waals surface area contributed by atoms with Gasteiger partial charge in [0, 0.05) is 13.8 Å². The first-order valence-corrected chi connectivity index (χ1v) is 5.29. The molecule has 0 heterocycles. The van der Waals surface area contributed by atoms with Crippen LogP contribution in [0, 0.1) is 0 Å². The molecule has 0 aliphatic carbocycles. The highest BCUT2D eigenvalue weighted by Gasteiger charge is 2.37. The number of carboxylic acids is 1. The van der Waals surface area contributed by atoms with Crippen LogP contribution in [0.2, 0.25) is 0 Å². The predicted molar refractivity (Wildman–Crippen MR) is 60.9 cm³/mol. The second kappa shape index (κ2) is 7.44.